The number of carbonyl (C=O) groups excluding carboxylic acids is 1. The summed E-state index contributed by atoms with van der Waals surface area (Å²) in [5.41, 5.74) is 2.57. The van der Waals surface area contributed by atoms with E-state index in [0.29, 0.717) is 6.42 Å². The smallest absolute Gasteiger partial charge is 0.237 e. The number of amides is 1. The molecule has 3 rings (SSSR count). The van der Waals surface area contributed by atoms with Crippen molar-refractivity contribution >= 4 is 15.7 Å². The summed E-state index contributed by atoms with van der Waals surface area (Å²) < 4.78 is 23.2. The van der Waals surface area contributed by atoms with Crippen molar-refractivity contribution < 1.29 is 13.2 Å². The summed E-state index contributed by atoms with van der Waals surface area (Å²) in [4.78, 5) is 16.3. The van der Waals surface area contributed by atoms with Crippen LogP contribution in [0, 0.1) is 0 Å². The molecule has 1 saturated heterocycles. The van der Waals surface area contributed by atoms with Gasteiger partial charge in [-0.15, -0.1) is 0 Å². The first-order valence-electron chi connectivity index (χ1n) is 8.11. The number of fused-ring (bicyclic) bond motifs is 1. The van der Waals surface area contributed by atoms with Crippen LogP contribution in [0.1, 0.15) is 30.0 Å². The first-order chi connectivity index (χ1) is 10.9. The zero-order valence-corrected chi connectivity index (χ0v) is 14.6. The lowest BCUT2D eigenvalue weighted by Gasteiger charge is -2.29. The maximum Gasteiger partial charge on any atom is 0.237 e. The quantitative estimate of drug-likeness (QED) is 0.830. The molecule has 0 bridgehead atoms. The maximum atomic E-state index is 12.6. The fraction of sp³-hybridized carbons (Fsp3) is 0.588. The van der Waals surface area contributed by atoms with Crippen molar-refractivity contribution in [1.29, 1.82) is 0 Å². The van der Waals surface area contributed by atoms with Gasteiger partial charge in [-0.2, -0.15) is 0 Å². The van der Waals surface area contributed by atoms with E-state index in [4.69, 9.17) is 0 Å². The predicted octanol–water partition coefficient (Wildman–Crippen LogP) is 1.25. The van der Waals surface area contributed by atoms with Gasteiger partial charge in [-0.1, -0.05) is 24.3 Å². The Labute approximate surface area is 138 Å². The summed E-state index contributed by atoms with van der Waals surface area (Å²) in [6.45, 7) is 0.273. The summed E-state index contributed by atoms with van der Waals surface area (Å²) >= 11 is 0. The Morgan fingerprint density at radius 1 is 1.22 bits per heavy atom. The fourth-order valence-corrected chi connectivity index (χ4v) is 5.49. The Kier molecular flexibility index (Phi) is 4.47. The van der Waals surface area contributed by atoms with E-state index in [0.717, 1.165) is 12.8 Å². The van der Waals surface area contributed by atoms with E-state index in [1.807, 2.05) is 36.0 Å². The summed E-state index contributed by atoms with van der Waals surface area (Å²) in [5, 5.41) is 0. The minimum Gasteiger partial charge on any atom is -0.338 e. The van der Waals surface area contributed by atoms with Crippen LogP contribution >= 0.6 is 0 Å². The van der Waals surface area contributed by atoms with Gasteiger partial charge in [0, 0.05) is 13.1 Å². The third-order valence-corrected chi connectivity index (χ3v) is 6.93. The highest BCUT2D eigenvalue weighted by Gasteiger charge is 2.33. The standard InChI is InChI=1S/C17H24N2O3S/c1-18(14-9-10-23(21,22)12-14)11-17(20)19(2)16-8-7-13-5-3-4-6-15(13)16/h3-6,14,16H,7-12H2,1-2H3/t14-,16-/m1/s1. The number of aryl methyl sites for hydroxylation is 1. The van der Waals surface area contributed by atoms with E-state index in [-0.39, 0.29) is 36.0 Å². The van der Waals surface area contributed by atoms with Gasteiger partial charge >= 0.3 is 0 Å². The van der Waals surface area contributed by atoms with Gasteiger partial charge < -0.3 is 4.90 Å². The molecule has 6 heteroatoms. The second-order valence-corrected chi connectivity index (χ2v) is 8.96. The Hall–Kier alpha value is -1.40. The number of rotatable bonds is 4. The lowest BCUT2D eigenvalue weighted by atomic mass is 10.1. The van der Waals surface area contributed by atoms with Crippen LogP contribution in [0.3, 0.4) is 0 Å². The molecule has 1 aliphatic heterocycles. The Bertz CT molecular complexity index is 702. The summed E-state index contributed by atoms with van der Waals surface area (Å²) in [7, 11) is 0.784. The molecule has 1 fully saturated rings. The molecule has 0 radical (unpaired) electrons. The summed E-state index contributed by atoms with van der Waals surface area (Å²) in [6.07, 6.45) is 2.60. The predicted molar refractivity (Wildman–Crippen MR) is 90.0 cm³/mol. The van der Waals surface area contributed by atoms with Gasteiger partial charge in [0.1, 0.15) is 0 Å². The highest BCUT2D eigenvalue weighted by molar-refractivity contribution is 7.91. The topological polar surface area (TPSA) is 57.7 Å². The zero-order chi connectivity index (χ0) is 16.6. The average Bonchev–Trinajstić information content (AvgIpc) is 3.09. The largest absolute Gasteiger partial charge is 0.338 e. The molecule has 0 spiro atoms. The molecule has 1 amide bonds. The zero-order valence-electron chi connectivity index (χ0n) is 13.7. The molecule has 1 aliphatic carbocycles. The van der Waals surface area contributed by atoms with Crippen molar-refractivity contribution in [2.75, 3.05) is 32.1 Å². The van der Waals surface area contributed by atoms with Gasteiger partial charge in [0.05, 0.1) is 24.1 Å². The molecule has 23 heavy (non-hydrogen) atoms. The number of nitrogens with zero attached hydrogens (tertiary/aromatic N) is 2. The SMILES string of the molecule is CN(CC(=O)N(C)[C@@H]1CCc2ccccc21)[C@@H]1CCS(=O)(=O)C1. The molecule has 0 unspecified atom stereocenters. The molecule has 2 atom stereocenters. The Morgan fingerprint density at radius 3 is 2.65 bits per heavy atom. The minimum absolute atomic E-state index is 0.0341. The molecule has 5 nitrogen and oxygen atoms in total. The average molecular weight is 336 g/mol. The van der Waals surface area contributed by atoms with Crippen molar-refractivity contribution in [2.45, 2.75) is 31.3 Å². The van der Waals surface area contributed by atoms with Crippen molar-refractivity contribution in [1.82, 2.24) is 9.80 Å². The van der Waals surface area contributed by atoms with E-state index in [9.17, 15) is 13.2 Å². The minimum atomic E-state index is -2.92. The van der Waals surface area contributed by atoms with Gasteiger partial charge in [-0.3, -0.25) is 9.69 Å². The number of hydrogen-bond acceptors (Lipinski definition) is 4. The van der Waals surface area contributed by atoms with Crippen LogP contribution in [0.15, 0.2) is 24.3 Å². The van der Waals surface area contributed by atoms with Crippen molar-refractivity contribution in [3.8, 4) is 0 Å². The number of sulfone groups is 1. The van der Waals surface area contributed by atoms with E-state index in [2.05, 4.69) is 12.1 Å². The molecule has 1 aromatic carbocycles. The second kappa shape index (κ2) is 6.24. The molecular formula is C17H24N2O3S. The molecule has 126 valence electrons. The molecule has 0 aromatic heterocycles. The van der Waals surface area contributed by atoms with Crippen LogP contribution in [0.5, 0.6) is 0 Å². The first-order valence-corrected chi connectivity index (χ1v) is 9.93. The Balaban J connectivity index is 1.63. The third-order valence-electron chi connectivity index (χ3n) is 5.18. The highest BCUT2D eigenvalue weighted by Crippen LogP contribution is 2.34. The van der Waals surface area contributed by atoms with Crippen molar-refractivity contribution in [2.24, 2.45) is 0 Å². The van der Waals surface area contributed by atoms with E-state index in [1.54, 1.807) is 0 Å². The molecule has 0 N–H and O–H groups in total. The van der Waals surface area contributed by atoms with Crippen molar-refractivity contribution in [3.05, 3.63) is 35.4 Å². The van der Waals surface area contributed by atoms with Gasteiger partial charge in [0.15, 0.2) is 9.84 Å². The van der Waals surface area contributed by atoms with Crippen LogP contribution in [0.4, 0.5) is 0 Å². The van der Waals surface area contributed by atoms with E-state index in [1.165, 1.54) is 11.1 Å². The van der Waals surface area contributed by atoms with Crippen LogP contribution in [-0.2, 0) is 21.1 Å². The normalized spacial score (nSPS) is 25.5. The molecular weight excluding hydrogens is 312 g/mol. The molecule has 2 aliphatic rings. The van der Waals surface area contributed by atoms with Crippen LogP contribution in [-0.4, -0.2) is 62.3 Å². The van der Waals surface area contributed by atoms with E-state index >= 15 is 0 Å². The monoisotopic (exact) mass is 336 g/mol. The molecule has 1 heterocycles. The third kappa shape index (κ3) is 3.43. The van der Waals surface area contributed by atoms with Crippen LogP contribution in [0.25, 0.3) is 0 Å². The van der Waals surface area contributed by atoms with Crippen molar-refractivity contribution in [3.63, 3.8) is 0 Å². The fourth-order valence-electron chi connectivity index (χ4n) is 3.69. The number of benzene rings is 1. The number of likely N-dealkylation sites (N-methyl/N-ethyl adjacent to an activating group) is 2. The van der Waals surface area contributed by atoms with Crippen LogP contribution in [0.2, 0.25) is 0 Å². The van der Waals surface area contributed by atoms with Gasteiger partial charge in [-0.05, 0) is 37.4 Å². The number of hydrogen-bond donors (Lipinski definition) is 0. The summed E-state index contributed by atoms with van der Waals surface area (Å²) in [5.74, 6) is 0.466. The number of carbonyl (C=O) groups is 1. The van der Waals surface area contributed by atoms with Gasteiger partial charge in [0.2, 0.25) is 5.91 Å². The lowest BCUT2D eigenvalue weighted by molar-refractivity contribution is -0.133. The van der Waals surface area contributed by atoms with Gasteiger partial charge in [-0.25, -0.2) is 8.42 Å². The van der Waals surface area contributed by atoms with Gasteiger partial charge in [0.25, 0.3) is 0 Å². The van der Waals surface area contributed by atoms with Crippen LogP contribution < -0.4 is 0 Å². The second-order valence-electron chi connectivity index (χ2n) is 6.73. The molecule has 1 aromatic rings. The lowest BCUT2D eigenvalue weighted by Crippen LogP contribution is -2.42. The molecule has 0 saturated carbocycles. The first kappa shape index (κ1) is 16.5. The maximum absolute atomic E-state index is 12.6. The van der Waals surface area contributed by atoms with E-state index < -0.39 is 9.84 Å². The highest BCUT2D eigenvalue weighted by atomic mass is 32.2. The Morgan fingerprint density at radius 2 is 1.96 bits per heavy atom. The summed E-state index contributed by atoms with van der Waals surface area (Å²) in [6, 6.07) is 8.39.